The Morgan fingerprint density at radius 1 is 1.16 bits per heavy atom. The highest BCUT2D eigenvalue weighted by atomic mass is 16.2. The number of amides is 1. The lowest BCUT2D eigenvalue weighted by atomic mass is 9.95. The molecular weight excluding hydrogens is 312 g/mol. The number of aryl methyl sites for hydroxylation is 2. The topological polar surface area (TPSA) is 51.0 Å². The minimum Gasteiger partial charge on any atom is -0.336 e. The van der Waals surface area contributed by atoms with Gasteiger partial charge in [-0.2, -0.15) is 5.10 Å². The second-order valence-electron chi connectivity index (χ2n) is 6.42. The monoisotopic (exact) mass is 332 g/mol. The number of carbonyl (C=O) groups is 1. The Morgan fingerprint density at radius 3 is 2.76 bits per heavy atom. The molecule has 0 saturated heterocycles. The molecule has 3 heterocycles. The summed E-state index contributed by atoms with van der Waals surface area (Å²) in [5.74, 6) is -0.0301. The summed E-state index contributed by atoms with van der Waals surface area (Å²) in [5.41, 5.74) is 6.87. The molecule has 1 amide bonds. The first-order valence-electron chi connectivity index (χ1n) is 8.46. The Hall–Kier alpha value is -2.95. The number of hydrogen-bond acceptors (Lipinski definition) is 3. The van der Waals surface area contributed by atoms with E-state index in [2.05, 4.69) is 34.3 Å². The molecular formula is C20H20N4O. The second kappa shape index (κ2) is 5.84. The smallest absolute Gasteiger partial charge is 0.275 e. The molecule has 0 radical (unpaired) electrons. The quantitative estimate of drug-likeness (QED) is 0.721. The van der Waals surface area contributed by atoms with Crippen LogP contribution in [0.2, 0.25) is 0 Å². The standard InChI is InChI=1S/C20H20N4O/c1-4-24-12-18-17-10-14(16-6-5-9-21-13(16)2)7-8-15(17)11-23(3)20(25)19(18)22-24/h5-10,12H,4,11H2,1-3H3. The normalized spacial score (nSPS) is 13.4. The Morgan fingerprint density at radius 2 is 2.00 bits per heavy atom. The van der Waals surface area contributed by atoms with E-state index in [0.29, 0.717) is 12.2 Å². The van der Waals surface area contributed by atoms with Crippen molar-refractivity contribution in [3.05, 3.63) is 59.7 Å². The Kier molecular flexibility index (Phi) is 3.64. The maximum absolute atomic E-state index is 12.7. The Balaban J connectivity index is 1.94. The maximum Gasteiger partial charge on any atom is 0.275 e. The van der Waals surface area contributed by atoms with E-state index in [1.54, 1.807) is 11.1 Å². The van der Waals surface area contributed by atoms with E-state index in [0.717, 1.165) is 40.1 Å². The van der Waals surface area contributed by atoms with Gasteiger partial charge >= 0.3 is 0 Å². The molecule has 0 bridgehead atoms. The van der Waals surface area contributed by atoms with Crippen molar-refractivity contribution >= 4 is 5.91 Å². The first-order valence-corrected chi connectivity index (χ1v) is 8.46. The lowest BCUT2D eigenvalue weighted by molar-refractivity contribution is 0.0781. The van der Waals surface area contributed by atoms with E-state index in [9.17, 15) is 4.79 Å². The van der Waals surface area contributed by atoms with Gasteiger partial charge in [0.2, 0.25) is 0 Å². The van der Waals surface area contributed by atoms with Crippen molar-refractivity contribution in [3.63, 3.8) is 0 Å². The van der Waals surface area contributed by atoms with Crippen molar-refractivity contribution < 1.29 is 4.79 Å². The van der Waals surface area contributed by atoms with Crippen LogP contribution in [0.15, 0.2) is 42.7 Å². The van der Waals surface area contributed by atoms with Crippen LogP contribution in [0.4, 0.5) is 0 Å². The van der Waals surface area contributed by atoms with Crippen molar-refractivity contribution in [3.8, 4) is 22.3 Å². The van der Waals surface area contributed by atoms with Gasteiger partial charge < -0.3 is 4.90 Å². The number of fused-ring (bicyclic) bond motifs is 3. The molecule has 1 aliphatic rings. The van der Waals surface area contributed by atoms with Crippen LogP contribution in [0.3, 0.4) is 0 Å². The SMILES string of the molecule is CCn1cc2c(n1)C(=O)N(C)Cc1ccc(-c3cccnc3C)cc1-2. The fourth-order valence-electron chi connectivity index (χ4n) is 3.37. The summed E-state index contributed by atoms with van der Waals surface area (Å²) >= 11 is 0. The third-order valence-corrected chi connectivity index (χ3v) is 4.76. The van der Waals surface area contributed by atoms with Crippen LogP contribution in [0.1, 0.15) is 28.7 Å². The van der Waals surface area contributed by atoms with Crippen LogP contribution < -0.4 is 0 Å². The van der Waals surface area contributed by atoms with Gasteiger partial charge in [-0.25, -0.2) is 0 Å². The van der Waals surface area contributed by atoms with E-state index >= 15 is 0 Å². The van der Waals surface area contributed by atoms with E-state index in [1.807, 2.05) is 37.8 Å². The van der Waals surface area contributed by atoms with Crippen molar-refractivity contribution in [2.45, 2.75) is 26.9 Å². The molecule has 0 unspecified atom stereocenters. The van der Waals surface area contributed by atoms with E-state index in [1.165, 1.54) is 0 Å². The average Bonchev–Trinajstić information content (AvgIpc) is 3.02. The van der Waals surface area contributed by atoms with Gasteiger partial charge in [0.05, 0.1) is 0 Å². The van der Waals surface area contributed by atoms with Gasteiger partial charge in [0.1, 0.15) is 0 Å². The second-order valence-corrected chi connectivity index (χ2v) is 6.42. The summed E-state index contributed by atoms with van der Waals surface area (Å²) in [7, 11) is 1.82. The lowest BCUT2D eigenvalue weighted by Crippen LogP contribution is -2.25. The van der Waals surface area contributed by atoms with Gasteiger partial charge in [0.15, 0.2) is 5.69 Å². The highest BCUT2D eigenvalue weighted by molar-refractivity contribution is 6.00. The predicted octanol–water partition coefficient (Wildman–Crippen LogP) is 3.53. The van der Waals surface area contributed by atoms with Gasteiger partial charge in [-0.3, -0.25) is 14.5 Å². The van der Waals surface area contributed by atoms with Gasteiger partial charge in [0.25, 0.3) is 5.91 Å². The van der Waals surface area contributed by atoms with Crippen LogP contribution in [-0.2, 0) is 13.1 Å². The summed E-state index contributed by atoms with van der Waals surface area (Å²) < 4.78 is 1.83. The zero-order chi connectivity index (χ0) is 17.6. The minimum absolute atomic E-state index is 0.0301. The van der Waals surface area contributed by atoms with Crippen molar-refractivity contribution in [1.29, 1.82) is 0 Å². The molecule has 0 aliphatic carbocycles. The number of nitrogens with zero attached hydrogens (tertiary/aromatic N) is 4. The molecule has 4 rings (SSSR count). The summed E-state index contributed by atoms with van der Waals surface area (Å²) in [6.45, 7) is 5.36. The maximum atomic E-state index is 12.7. The first kappa shape index (κ1) is 15.6. The summed E-state index contributed by atoms with van der Waals surface area (Å²) in [4.78, 5) is 18.8. The number of aromatic nitrogens is 3. The van der Waals surface area contributed by atoms with E-state index < -0.39 is 0 Å². The average molecular weight is 332 g/mol. The van der Waals surface area contributed by atoms with Gasteiger partial charge in [-0.05, 0) is 42.7 Å². The summed E-state index contributed by atoms with van der Waals surface area (Å²) in [6.07, 6.45) is 3.78. The zero-order valence-electron chi connectivity index (χ0n) is 14.7. The fraction of sp³-hybridized carbons (Fsp3) is 0.250. The Labute approximate surface area is 146 Å². The number of hydrogen-bond donors (Lipinski definition) is 0. The number of pyridine rings is 1. The fourth-order valence-corrected chi connectivity index (χ4v) is 3.37. The largest absolute Gasteiger partial charge is 0.336 e. The molecule has 0 N–H and O–H groups in total. The van der Waals surface area contributed by atoms with Gasteiger partial charge in [-0.15, -0.1) is 0 Å². The molecule has 5 heteroatoms. The summed E-state index contributed by atoms with van der Waals surface area (Å²) in [6, 6.07) is 10.4. The number of benzene rings is 1. The Bertz CT molecular complexity index is 974. The molecule has 1 aromatic carbocycles. The summed E-state index contributed by atoms with van der Waals surface area (Å²) in [5, 5.41) is 4.49. The van der Waals surface area contributed by atoms with Crippen LogP contribution >= 0.6 is 0 Å². The molecule has 2 aromatic heterocycles. The highest BCUT2D eigenvalue weighted by Gasteiger charge is 2.27. The van der Waals surface area contributed by atoms with Gasteiger partial charge in [-0.1, -0.05) is 18.2 Å². The zero-order valence-corrected chi connectivity index (χ0v) is 14.7. The number of carbonyl (C=O) groups excluding carboxylic acids is 1. The van der Waals surface area contributed by atoms with Crippen LogP contribution in [0.5, 0.6) is 0 Å². The lowest BCUT2D eigenvalue weighted by Gasteiger charge is -2.15. The molecule has 0 atom stereocenters. The van der Waals surface area contributed by atoms with Crippen molar-refractivity contribution in [2.75, 3.05) is 7.05 Å². The third kappa shape index (κ3) is 2.52. The highest BCUT2D eigenvalue weighted by Crippen LogP contribution is 2.35. The van der Waals surface area contributed by atoms with Crippen molar-refractivity contribution in [1.82, 2.24) is 19.7 Å². The van der Waals surface area contributed by atoms with Crippen molar-refractivity contribution in [2.24, 2.45) is 0 Å². The number of rotatable bonds is 2. The molecule has 0 fully saturated rings. The van der Waals surface area contributed by atoms with E-state index in [-0.39, 0.29) is 5.91 Å². The third-order valence-electron chi connectivity index (χ3n) is 4.76. The molecule has 126 valence electrons. The van der Waals surface area contributed by atoms with Crippen LogP contribution in [0, 0.1) is 6.92 Å². The van der Waals surface area contributed by atoms with Gasteiger partial charge in [0, 0.05) is 49.4 Å². The molecule has 0 saturated carbocycles. The van der Waals surface area contributed by atoms with E-state index in [4.69, 9.17) is 0 Å². The van der Waals surface area contributed by atoms with Crippen LogP contribution in [-0.4, -0.2) is 32.6 Å². The molecule has 5 nitrogen and oxygen atoms in total. The minimum atomic E-state index is -0.0301. The molecule has 25 heavy (non-hydrogen) atoms. The first-order chi connectivity index (χ1) is 12.1. The molecule has 1 aliphatic heterocycles. The predicted molar refractivity (Wildman–Crippen MR) is 97.1 cm³/mol. The van der Waals surface area contributed by atoms with Crippen LogP contribution in [0.25, 0.3) is 22.3 Å². The molecule has 3 aromatic rings. The molecule has 0 spiro atoms.